The van der Waals surface area contributed by atoms with Crippen LogP contribution in [0.4, 0.5) is 0 Å². The smallest absolute Gasteiger partial charge is 0.234 e. The second kappa shape index (κ2) is 9.69. The van der Waals surface area contributed by atoms with E-state index in [4.69, 9.17) is 5.41 Å². The Hall–Kier alpha value is -1.93. The van der Waals surface area contributed by atoms with Crippen LogP contribution in [0.1, 0.15) is 37.7 Å². The van der Waals surface area contributed by atoms with Crippen molar-refractivity contribution in [3.63, 3.8) is 0 Å². The zero-order valence-corrected chi connectivity index (χ0v) is 19.3. The molecule has 0 saturated heterocycles. The van der Waals surface area contributed by atoms with E-state index in [2.05, 4.69) is 28.3 Å². The lowest BCUT2D eigenvalue weighted by Gasteiger charge is -2.18. The summed E-state index contributed by atoms with van der Waals surface area (Å²) < 4.78 is 28.3. The molecule has 1 aromatic carbocycles. The zero-order chi connectivity index (χ0) is 21.7. The average Bonchev–Trinajstić information content (AvgIpc) is 3.57. The van der Waals surface area contributed by atoms with E-state index in [-0.39, 0.29) is 0 Å². The topological polar surface area (TPSA) is 86.6 Å². The molecule has 0 bridgehead atoms. The van der Waals surface area contributed by atoms with E-state index in [0.29, 0.717) is 5.71 Å². The van der Waals surface area contributed by atoms with Gasteiger partial charge in [0.05, 0.1) is 11.3 Å². The van der Waals surface area contributed by atoms with Gasteiger partial charge in [0.1, 0.15) is 12.2 Å². The first kappa shape index (κ1) is 22.3. The fourth-order valence-corrected chi connectivity index (χ4v) is 6.34. The Morgan fingerprint density at radius 2 is 2.03 bits per heavy atom. The van der Waals surface area contributed by atoms with Crippen molar-refractivity contribution in [1.29, 1.82) is 5.41 Å². The summed E-state index contributed by atoms with van der Waals surface area (Å²) in [5.74, 6) is 1.80. The van der Waals surface area contributed by atoms with Crippen LogP contribution in [0, 0.1) is 5.41 Å². The van der Waals surface area contributed by atoms with E-state index in [1.54, 1.807) is 11.8 Å². The summed E-state index contributed by atoms with van der Waals surface area (Å²) in [5.41, 5.74) is 4.25. The second-order valence-corrected chi connectivity index (χ2v) is 11.0. The maximum absolute atomic E-state index is 12.7. The first-order valence-corrected chi connectivity index (χ1v) is 13.5. The highest BCUT2D eigenvalue weighted by Gasteiger charge is 2.46. The van der Waals surface area contributed by atoms with Crippen molar-refractivity contribution in [2.24, 2.45) is 0 Å². The standard InChI is InChI=1S/C24H29N3O2S2/c25-22(21-18-30-15-11-23(21)26-17-19-7-3-1-4-8-19)12-16-31(28,29)27-24(13-14-24)20-9-5-2-6-10-20/h2-3,5-10,12,16,25-27H,1,4,11,13-15,17-18H2/p+1/b16-12+,25-22?. The molecule has 0 radical (unpaired) electrons. The van der Waals surface area contributed by atoms with E-state index in [0.717, 1.165) is 66.7 Å². The molecule has 7 heteroatoms. The van der Waals surface area contributed by atoms with Crippen LogP contribution in [-0.4, -0.2) is 32.2 Å². The Balaban J connectivity index is 1.43. The third-order valence-electron chi connectivity index (χ3n) is 5.96. The molecule has 1 heterocycles. The number of allylic oxidation sites excluding steroid dienone is 4. The first-order valence-electron chi connectivity index (χ1n) is 10.8. The van der Waals surface area contributed by atoms with Crippen molar-refractivity contribution in [3.05, 3.63) is 82.5 Å². The third kappa shape index (κ3) is 5.86. The zero-order valence-electron chi connectivity index (χ0n) is 17.6. The molecule has 164 valence electrons. The van der Waals surface area contributed by atoms with Crippen molar-refractivity contribution in [1.82, 2.24) is 4.72 Å². The number of sulfonamides is 1. The molecule has 0 atom stereocenters. The second-order valence-electron chi connectivity index (χ2n) is 8.29. The van der Waals surface area contributed by atoms with Gasteiger partial charge in [0, 0.05) is 34.5 Å². The molecular weight excluding hydrogens is 426 g/mol. The SMILES string of the molecule is N=C(/C=C/S(=O)(=O)NC1(c2ccccc2)CC1)C1=C([NH2+]CC2=CCCC=C2)CCSC1. The normalized spacial score (nSPS) is 20.7. The molecule has 1 aromatic rings. The molecule has 3 aliphatic rings. The van der Waals surface area contributed by atoms with Crippen LogP contribution in [-0.2, 0) is 15.6 Å². The lowest BCUT2D eigenvalue weighted by molar-refractivity contribution is -0.600. The number of hydrogen-bond donors (Lipinski definition) is 3. The molecule has 4 N–H and O–H groups in total. The highest BCUT2D eigenvalue weighted by Crippen LogP contribution is 2.46. The molecule has 31 heavy (non-hydrogen) atoms. The Bertz CT molecular complexity index is 1050. The molecule has 0 amide bonds. The van der Waals surface area contributed by atoms with Crippen LogP contribution in [0.3, 0.4) is 0 Å². The van der Waals surface area contributed by atoms with Gasteiger partial charge >= 0.3 is 0 Å². The minimum Gasteiger partial charge on any atom is -0.313 e. The van der Waals surface area contributed by atoms with E-state index < -0.39 is 15.6 Å². The lowest BCUT2D eigenvalue weighted by Crippen LogP contribution is -2.83. The molecule has 4 rings (SSSR count). The summed E-state index contributed by atoms with van der Waals surface area (Å²) in [4.78, 5) is 0. The predicted molar refractivity (Wildman–Crippen MR) is 128 cm³/mol. The summed E-state index contributed by atoms with van der Waals surface area (Å²) in [6.07, 6.45) is 12.8. The summed E-state index contributed by atoms with van der Waals surface area (Å²) in [6.45, 7) is 0.871. The van der Waals surface area contributed by atoms with Crippen molar-refractivity contribution in [3.8, 4) is 0 Å². The van der Waals surface area contributed by atoms with Gasteiger partial charge < -0.3 is 10.7 Å². The van der Waals surface area contributed by atoms with Crippen molar-refractivity contribution >= 4 is 27.5 Å². The Kier molecular flexibility index (Phi) is 6.96. The highest BCUT2D eigenvalue weighted by molar-refractivity contribution is 7.99. The number of nitrogens with one attached hydrogen (secondary N) is 2. The third-order valence-corrected chi connectivity index (χ3v) is 8.11. The maximum atomic E-state index is 12.7. The fraction of sp³-hybridized carbons (Fsp3) is 0.375. The first-order chi connectivity index (χ1) is 15.0. The molecule has 0 aromatic heterocycles. The fourth-order valence-electron chi connectivity index (χ4n) is 4.03. The molecule has 2 aliphatic carbocycles. The Morgan fingerprint density at radius 3 is 2.74 bits per heavy atom. The minimum absolute atomic E-state index is 0.293. The molecular formula is C24H30N3O2S2+. The van der Waals surface area contributed by atoms with Crippen LogP contribution in [0.2, 0.25) is 0 Å². The van der Waals surface area contributed by atoms with Gasteiger partial charge in [-0.15, -0.1) is 0 Å². The lowest BCUT2D eigenvalue weighted by atomic mass is 10.1. The molecule has 0 unspecified atom stereocenters. The van der Waals surface area contributed by atoms with Gasteiger partial charge in [0.15, 0.2) is 0 Å². The number of rotatable bonds is 9. The monoisotopic (exact) mass is 456 g/mol. The van der Waals surface area contributed by atoms with E-state index in [1.165, 1.54) is 17.3 Å². The van der Waals surface area contributed by atoms with Crippen LogP contribution in [0.5, 0.6) is 0 Å². The molecule has 5 nitrogen and oxygen atoms in total. The number of quaternary nitrogens is 1. The van der Waals surface area contributed by atoms with E-state index in [1.807, 2.05) is 30.3 Å². The van der Waals surface area contributed by atoms with Crippen LogP contribution in [0.15, 0.2) is 76.9 Å². The van der Waals surface area contributed by atoms with Gasteiger partial charge in [0.25, 0.3) is 0 Å². The van der Waals surface area contributed by atoms with Gasteiger partial charge in [-0.3, -0.25) is 0 Å². The van der Waals surface area contributed by atoms with E-state index >= 15 is 0 Å². The largest absolute Gasteiger partial charge is 0.313 e. The van der Waals surface area contributed by atoms with Crippen molar-refractivity contribution in [2.75, 3.05) is 18.1 Å². The average molecular weight is 457 g/mol. The quantitative estimate of drug-likeness (QED) is 0.498. The van der Waals surface area contributed by atoms with Gasteiger partial charge in [0.2, 0.25) is 10.0 Å². The van der Waals surface area contributed by atoms with Gasteiger partial charge in [-0.1, -0.05) is 48.6 Å². The summed E-state index contributed by atoms with van der Waals surface area (Å²) in [5, 5.41) is 11.9. The summed E-state index contributed by atoms with van der Waals surface area (Å²) in [6, 6.07) is 9.72. The van der Waals surface area contributed by atoms with Gasteiger partial charge in [-0.05, 0) is 37.3 Å². The maximum Gasteiger partial charge on any atom is 0.234 e. The van der Waals surface area contributed by atoms with Crippen LogP contribution in [0.25, 0.3) is 0 Å². The number of hydrogen-bond acceptors (Lipinski definition) is 4. The van der Waals surface area contributed by atoms with Gasteiger partial charge in [-0.2, -0.15) is 11.8 Å². The molecule has 1 saturated carbocycles. The van der Waals surface area contributed by atoms with Gasteiger partial charge in [-0.25, -0.2) is 13.1 Å². The molecule has 1 fully saturated rings. The summed E-state index contributed by atoms with van der Waals surface area (Å²) in [7, 11) is -3.63. The molecule has 0 spiro atoms. The van der Waals surface area contributed by atoms with Crippen LogP contribution < -0.4 is 10.0 Å². The van der Waals surface area contributed by atoms with Crippen LogP contribution >= 0.6 is 11.8 Å². The Labute approximate surface area is 189 Å². The highest BCUT2D eigenvalue weighted by atomic mass is 32.2. The Morgan fingerprint density at radius 1 is 1.23 bits per heavy atom. The van der Waals surface area contributed by atoms with Crippen molar-refractivity contribution in [2.45, 2.75) is 37.6 Å². The summed E-state index contributed by atoms with van der Waals surface area (Å²) >= 11 is 1.80. The predicted octanol–water partition coefficient (Wildman–Crippen LogP) is 3.36. The van der Waals surface area contributed by atoms with E-state index in [9.17, 15) is 8.42 Å². The number of benzene rings is 1. The molecule has 1 aliphatic heterocycles. The number of nitrogens with two attached hydrogens (primary N) is 1. The minimum atomic E-state index is -3.63. The van der Waals surface area contributed by atoms with Crippen molar-refractivity contribution < 1.29 is 13.7 Å². The number of thioether (sulfide) groups is 1.